The summed E-state index contributed by atoms with van der Waals surface area (Å²) in [5.41, 5.74) is 0. The van der Waals surface area contributed by atoms with Gasteiger partial charge in [0.25, 0.3) is 0 Å². The minimum atomic E-state index is -0.780. The lowest BCUT2D eigenvalue weighted by molar-refractivity contribution is -0.167. The predicted molar refractivity (Wildman–Crippen MR) is 307 cm³/mol. The second-order valence-electron chi connectivity index (χ2n) is 20.2. The van der Waals surface area contributed by atoms with E-state index in [4.69, 9.17) is 14.2 Å². The Morgan fingerprint density at radius 3 is 0.873 bits per heavy atom. The molecule has 0 rings (SSSR count). The van der Waals surface area contributed by atoms with Gasteiger partial charge in [-0.2, -0.15) is 0 Å². The molecule has 0 spiro atoms. The Morgan fingerprint density at radius 2 is 0.549 bits per heavy atom. The average Bonchev–Trinajstić information content (AvgIpc) is 3.37. The van der Waals surface area contributed by atoms with Gasteiger partial charge in [-0.25, -0.2) is 0 Å². The molecule has 71 heavy (non-hydrogen) atoms. The minimum absolute atomic E-state index is 0.0770. The second-order valence-corrected chi connectivity index (χ2v) is 20.2. The van der Waals surface area contributed by atoms with Crippen LogP contribution in [0.2, 0.25) is 0 Å². The van der Waals surface area contributed by atoms with E-state index in [0.29, 0.717) is 19.3 Å². The first-order valence-electron chi connectivity index (χ1n) is 30.4. The highest BCUT2D eigenvalue weighted by Crippen LogP contribution is 2.16. The molecule has 0 aliphatic carbocycles. The lowest BCUT2D eigenvalue weighted by Crippen LogP contribution is -2.30. The zero-order valence-corrected chi connectivity index (χ0v) is 47.0. The highest BCUT2D eigenvalue weighted by molar-refractivity contribution is 5.71. The summed E-state index contributed by atoms with van der Waals surface area (Å²) < 4.78 is 16.9. The van der Waals surface area contributed by atoms with Crippen LogP contribution >= 0.6 is 0 Å². The van der Waals surface area contributed by atoms with Crippen molar-refractivity contribution in [3.63, 3.8) is 0 Å². The first-order valence-corrected chi connectivity index (χ1v) is 30.4. The maximum atomic E-state index is 12.9. The van der Waals surface area contributed by atoms with E-state index in [9.17, 15) is 14.4 Å². The fraction of sp³-hybridized carbons (Fsp3) is 0.769. The van der Waals surface area contributed by atoms with Crippen molar-refractivity contribution in [2.75, 3.05) is 13.2 Å². The molecule has 0 aromatic carbocycles. The normalized spacial score (nSPS) is 12.5. The lowest BCUT2D eigenvalue weighted by atomic mass is 10.0. The molecule has 0 aromatic rings. The third kappa shape index (κ3) is 57.6. The van der Waals surface area contributed by atoms with Crippen molar-refractivity contribution in [3.8, 4) is 0 Å². The van der Waals surface area contributed by atoms with Gasteiger partial charge in [0.05, 0.1) is 0 Å². The van der Waals surface area contributed by atoms with E-state index >= 15 is 0 Å². The number of hydrogen-bond donors (Lipinski definition) is 0. The van der Waals surface area contributed by atoms with Crippen molar-refractivity contribution >= 4 is 17.9 Å². The molecule has 0 N–H and O–H groups in total. The highest BCUT2D eigenvalue weighted by Gasteiger charge is 2.19. The first kappa shape index (κ1) is 67.8. The summed E-state index contributed by atoms with van der Waals surface area (Å²) in [4.78, 5) is 38.2. The Labute approximate surface area is 440 Å². The van der Waals surface area contributed by atoms with Gasteiger partial charge in [0.2, 0.25) is 0 Å². The zero-order valence-electron chi connectivity index (χ0n) is 47.0. The van der Waals surface area contributed by atoms with Gasteiger partial charge in [0.15, 0.2) is 6.10 Å². The number of ether oxygens (including phenoxy) is 3. The summed E-state index contributed by atoms with van der Waals surface area (Å²) in [5.74, 6) is -0.877. The van der Waals surface area contributed by atoms with Crippen LogP contribution in [0.1, 0.15) is 303 Å². The van der Waals surface area contributed by atoms with Crippen LogP contribution in [0.3, 0.4) is 0 Å². The Morgan fingerprint density at radius 1 is 0.296 bits per heavy atom. The van der Waals surface area contributed by atoms with Gasteiger partial charge in [-0.1, -0.05) is 267 Å². The van der Waals surface area contributed by atoms with Crippen molar-refractivity contribution in [2.45, 2.75) is 309 Å². The molecular weight excluding hydrogens is 877 g/mol. The topological polar surface area (TPSA) is 78.9 Å². The largest absolute Gasteiger partial charge is 0.462 e. The third-order valence-electron chi connectivity index (χ3n) is 13.2. The molecule has 0 aliphatic rings. The molecule has 1 unspecified atom stereocenters. The molecule has 0 saturated heterocycles. The Balaban J connectivity index is 4.32. The molecule has 0 aliphatic heterocycles. The van der Waals surface area contributed by atoms with Crippen molar-refractivity contribution in [3.05, 3.63) is 72.9 Å². The molecule has 0 amide bonds. The van der Waals surface area contributed by atoms with Gasteiger partial charge in [-0.05, 0) is 89.9 Å². The van der Waals surface area contributed by atoms with E-state index < -0.39 is 6.10 Å². The zero-order chi connectivity index (χ0) is 51.4. The van der Waals surface area contributed by atoms with Crippen LogP contribution in [-0.2, 0) is 28.6 Å². The molecule has 6 nitrogen and oxygen atoms in total. The summed E-state index contributed by atoms with van der Waals surface area (Å²) in [6.45, 7) is 6.53. The number of carbonyl (C=O) groups is 3. The summed E-state index contributed by atoms with van der Waals surface area (Å²) in [6, 6.07) is 0. The highest BCUT2D eigenvalue weighted by atomic mass is 16.6. The summed E-state index contributed by atoms with van der Waals surface area (Å²) in [7, 11) is 0. The van der Waals surface area contributed by atoms with Gasteiger partial charge < -0.3 is 14.2 Å². The van der Waals surface area contributed by atoms with Gasteiger partial charge in [0.1, 0.15) is 13.2 Å². The minimum Gasteiger partial charge on any atom is -0.462 e. The van der Waals surface area contributed by atoms with Crippen molar-refractivity contribution < 1.29 is 28.6 Å². The molecular formula is C65H114O6. The molecule has 6 heteroatoms. The van der Waals surface area contributed by atoms with Crippen molar-refractivity contribution in [1.29, 1.82) is 0 Å². The number of esters is 3. The fourth-order valence-corrected chi connectivity index (χ4v) is 8.64. The average molecular weight is 992 g/mol. The quantitative estimate of drug-likeness (QED) is 0.0261. The van der Waals surface area contributed by atoms with E-state index in [-0.39, 0.29) is 31.1 Å². The van der Waals surface area contributed by atoms with Crippen molar-refractivity contribution in [1.82, 2.24) is 0 Å². The van der Waals surface area contributed by atoms with Crippen molar-refractivity contribution in [2.24, 2.45) is 0 Å². The SMILES string of the molecule is CC/C=C\C/C=C\C/C=C\C/C=C\CCCCCCCCCCCCC(=O)OCC(COC(=O)CCCCCCCCCCCCCC)OC(=O)CCCCCCCCC/C=C\C/C=C\CCCCCC. The molecule has 0 fully saturated rings. The molecule has 0 aromatic heterocycles. The Bertz CT molecular complexity index is 1320. The lowest BCUT2D eigenvalue weighted by Gasteiger charge is -2.18. The number of unbranched alkanes of at least 4 members (excludes halogenated alkanes) is 32. The smallest absolute Gasteiger partial charge is 0.306 e. The van der Waals surface area contributed by atoms with Crippen LogP contribution in [0.5, 0.6) is 0 Å². The molecule has 410 valence electrons. The van der Waals surface area contributed by atoms with E-state index in [1.54, 1.807) is 0 Å². The maximum Gasteiger partial charge on any atom is 0.306 e. The van der Waals surface area contributed by atoms with Gasteiger partial charge in [-0.15, -0.1) is 0 Å². The molecule has 0 radical (unpaired) electrons. The van der Waals surface area contributed by atoms with Gasteiger partial charge in [-0.3, -0.25) is 14.4 Å². The number of rotatable bonds is 55. The number of hydrogen-bond acceptors (Lipinski definition) is 6. The Hall–Kier alpha value is -3.15. The van der Waals surface area contributed by atoms with Crippen LogP contribution in [0.4, 0.5) is 0 Å². The fourth-order valence-electron chi connectivity index (χ4n) is 8.64. The molecule has 0 heterocycles. The monoisotopic (exact) mass is 991 g/mol. The van der Waals surface area contributed by atoms with E-state index in [2.05, 4.69) is 93.7 Å². The molecule has 0 bridgehead atoms. The Kier molecular flexibility index (Phi) is 56.8. The van der Waals surface area contributed by atoms with Crippen LogP contribution in [0.15, 0.2) is 72.9 Å². The number of allylic oxidation sites excluding steroid dienone is 12. The van der Waals surface area contributed by atoms with Crippen LogP contribution in [-0.4, -0.2) is 37.2 Å². The van der Waals surface area contributed by atoms with E-state index in [1.807, 2.05) is 0 Å². The van der Waals surface area contributed by atoms with Crippen LogP contribution < -0.4 is 0 Å². The molecule has 1 atom stereocenters. The molecule has 0 saturated carbocycles. The van der Waals surface area contributed by atoms with E-state index in [0.717, 1.165) is 96.3 Å². The third-order valence-corrected chi connectivity index (χ3v) is 13.2. The standard InChI is InChI=1S/C65H114O6/c1-4-7-10-13-16-19-22-25-27-29-31-32-33-34-35-37-38-40-43-46-49-52-55-58-64(67)70-61-62(60-69-63(66)57-54-51-48-45-42-24-21-18-15-12-9-6-3)71-65(68)59-56-53-50-47-44-41-39-36-30-28-26-23-20-17-14-11-8-5-2/h7,10,16,19-20,23,25,27-28,30-32,62H,4-6,8-9,11-15,17-18,21-22,24,26,29,33-61H2,1-3H3/b10-7-,19-16-,23-20-,27-25-,30-28-,32-31-. The predicted octanol–water partition coefficient (Wildman–Crippen LogP) is 20.5. The van der Waals surface area contributed by atoms with Gasteiger partial charge in [0, 0.05) is 19.3 Å². The first-order chi connectivity index (χ1) is 35.0. The summed E-state index contributed by atoms with van der Waals surface area (Å²) in [5, 5.41) is 0. The number of carbonyl (C=O) groups excluding carboxylic acids is 3. The van der Waals surface area contributed by atoms with Crippen LogP contribution in [0, 0.1) is 0 Å². The maximum absolute atomic E-state index is 12.9. The summed E-state index contributed by atoms with van der Waals surface area (Å²) >= 11 is 0. The van der Waals surface area contributed by atoms with E-state index in [1.165, 1.54) is 167 Å². The summed E-state index contributed by atoms with van der Waals surface area (Å²) in [6.07, 6.45) is 76.1. The van der Waals surface area contributed by atoms with Crippen LogP contribution in [0.25, 0.3) is 0 Å². The second kappa shape index (κ2) is 59.4. The van der Waals surface area contributed by atoms with Gasteiger partial charge >= 0.3 is 17.9 Å².